The summed E-state index contributed by atoms with van der Waals surface area (Å²) in [5.74, 6) is -2.14. The second-order valence-corrected chi connectivity index (χ2v) is 8.92. The van der Waals surface area contributed by atoms with Crippen LogP contribution in [-0.4, -0.2) is 39.4 Å². The highest BCUT2D eigenvalue weighted by atomic mass is 16.5. The molecule has 1 fully saturated rings. The van der Waals surface area contributed by atoms with E-state index in [9.17, 15) is 19.5 Å². The van der Waals surface area contributed by atoms with E-state index in [0.717, 1.165) is 19.3 Å². The van der Waals surface area contributed by atoms with Crippen LogP contribution in [0.2, 0.25) is 0 Å². The van der Waals surface area contributed by atoms with Crippen LogP contribution in [0.15, 0.2) is 84.4 Å². The predicted molar refractivity (Wildman–Crippen MR) is 139 cm³/mol. The maximum absolute atomic E-state index is 13.2. The Bertz CT molecular complexity index is 1300. The van der Waals surface area contributed by atoms with Crippen LogP contribution >= 0.6 is 0 Å². The van der Waals surface area contributed by atoms with Crippen molar-refractivity contribution in [2.75, 3.05) is 6.61 Å². The van der Waals surface area contributed by atoms with E-state index in [1.54, 1.807) is 48.5 Å². The van der Waals surface area contributed by atoms with Crippen molar-refractivity contribution in [1.82, 2.24) is 4.90 Å². The smallest absolute Gasteiger partial charge is 0.335 e. The summed E-state index contributed by atoms with van der Waals surface area (Å²) in [4.78, 5) is 39.0. The second-order valence-electron chi connectivity index (χ2n) is 8.92. The first-order chi connectivity index (χ1) is 17.9. The van der Waals surface area contributed by atoms with Crippen molar-refractivity contribution < 1.29 is 29.3 Å². The Morgan fingerprint density at radius 3 is 2.14 bits per heavy atom. The average Bonchev–Trinajstić information content (AvgIpc) is 3.17. The molecule has 0 spiro atoms. The molecular formula is C30H29NO6. The number of carboxylic acid groups (broad SMARTS) is 1. The van der Waals surface area contributed by atoms with E-state index in [1.165, 1.54) is 17.0 Å². The van der Waals surface area contributed by atoms with E-state index in [4.69, 9.17) is 9.84 Å². The lowest BCUT2D eigenvalue weighted by molar-refractivity contribution is -0.140. The fraction of sp³-hybridized carbons (Fsp3) is 0.233. The summed E-state index contributed by atoms with van der Waals surface area (Å²) >= 11 is 0. The van der Waals surface area contributed by atoms with E-state index >= 15 is 0 Å². The summed E-state index contributed by atoms with van der Waals surface area (Å²) in [7, 11) is 0. The van der Waals surface area contributed by atoms with Crippen LogP contribution in [-0.2, 0) is 16.1 Å². The first-order valence-electron chi connectivity index (χ1n) is 12.3. The molecule has 0 aromatic heterocycles. The minimum absolute atomic E-state index is 0.00923. The lowest BCUT2D eigenvalue weighted by Gasteiger charge is -2.25. The van der Waals surface area contributed by atoms with Crippen molar-refractivity contribution in [3.63, 3.8) is 0 Å². The highest BCUT2D eigenvalue weighted by Gasteiger charge is 2.46. The van der Waals surface area contributed by atoms with Gasteiger partial charge in [-0.25, -0.2) is 4.79 Å². The topological polar surface area (TPSA) is 104 Å². The maximum atomic E-state index is 13.2. The number of carbonyl (C=O) groups excluding carboxylic acids is 2. The Morgan fingerprint density at radius 1 is 0.865 bits per heavy atom. The number of nitrogens with zero attached hydrogens (tertiary/aromatic N) is 1. The Hall–Kier alpha value is -4.39. The van der Waals surface area contributed by atoms with Gasteiger partial charge < -0.3 is 19.8 Å². The zero-order valence-corrected chi connectivity index (χ0v) is 20.6. The number of aromatic carboxylic acids is 1. The second kappa shape index (κ2) is 11.6. The van der Waals surface area contributed by atoms with Crippen molar-refractivity contribution in [3.05, 3.63) is 107 Å². The first kappa shape index (κ1) is 25.7. The summed E-state index contributed by atoms with van der Waals surface area (Å²) < 4.78 is 5.74. The number of carboxylic acids is 1. The molecule has 1 saturated heterocycles. The Morgan fingerprint density at radius 2 is 1.51 bits per heavy atom. The van der Waals surface area contributed by atoms with Gasteiger partial charge in [0.05, 0.1) is 23.8 Å². The van der Waals surface area contributed by atoms with Crippen LogP contribution in [0.5, 0.6) is 5.75 Å². The van der Waals surface area contributed by atoms with Crippen molar-refractivity contribution in [2.45, 2.75) is 38.8 Å². The van der Waals surface area contributed by atoms with Gasteiger partial charge in [0.2, 0.25) is 0 Å². The van der Waals surface area contributed by atoms with Gasteiger partial charge in [0.15, 0.2) is 0 Å². The largest absolute Gasteiger partial charge is 0.507 e. The lowest BCUT2D eigenvalue weighted by Crippen LogP contribution is -2.29. The fourth-order valence-electron chi connectivity index (χ4n) is 4.38. The van der Waals surface area contributed by atoms with E-state index < -0.39 is 23.7 Å². The number of rotatable bonds is 10. The normalized spacial score (nSPS) is 16.7. The van der Waals surface area contributed by atoms with Crippen LogP contribution in [0.25, 0.3) is 5.76 Å². The molecule has 2 N–H and O–H groups in total. The number of aliphatic hydroxyl groups excluding tert-OH is 1. The predicted octanol–water partition coefficient (Wildman–Crippen LogP) is 5.58. The molecule has 0 aliphatic carbocycles. The van der Waals surface area contributed by atoms with Crippen LogP contribution in [0.4, 0.5) is 0 Å². The quantitative estimate of drug-likeness (QED) is 0.163. The minimum atomic E-state index is -1.05. The highest BCUT2D eigenvalue weighted by molar-refractivity contribution is 6.46. The Labute approximate surface area is 215 Å². The van der Waals surface area contributed by atoms with Gasteiger partial charge in [-0.1, -0.05) is 62.2 Å². The molecule has 0 radical (unpaired) electrons. The number of amides is 1. The van der Waals surface area contributed by atoms with Crippen molar-refractivity contribution >= 4 is 23.4 Å². The fourth-order valence-corrected chi connectivity index (χ4v) is 4.38. The van der Waals surface area contributed by atoms with Crippen LogP contribution in [0.3, 0.4) is 0 Å². The number of hydrogen-bond donors (Lipinski definition) is 2. The van der Waals surface area contributed by atoms with Gasteiger partial charge in [0.1, 0.15) is 11.5 Å². The van der Waals surface area contributed by atoms with Crippen molar-refractivity contribution in [2.24, 2.45) is 0 Å². The number of hydrogen-bond acceptors (Lipinski definition) is 5. The van der Waals surface area contributed by atoms with Gasteiger partial charge in [-0.3, -0.25) is 9.59 Å². The lowest BCUT2D eigenvalue weighted by atomic mass is 9.95. The van der Waals surface area contributed by atoms with Gasteiger partial charge >= 0.3 is 5.97 Å². The highest BCUT2D eigenvalue weighted by Crippen LogP contribution is 2.40. The number of ketones is 1. The molecule has 1 atom stereocenters. The summed E-state index contributed by atoms with van der Waals surface area (Å²) in [5.41, 5.74) is 1.89. The zero-order valence-electron chi connectivity index (χ0n) is 20.6. The number of ether oxygens (including phenoxy) is 1. The number of likely N-dealkylation sites (tertiary alicyclic amines) is 1. The third-order valence-corrected chi connectivity index (χ3v) is 6.35. The van der Waals surface area contributed by atoms with Crippen LogP contribution < -0.4 is 4.74 Å². The van der Waals surface area contributed by atoms with E-state index in [0.29, 0.717) is 29.0 Å². The SMILES string of the molecule is CCCCCOc1ccc(/C(O)=C2\C(=O)C(=O)N(Cc3ccc(C(=O)O)cc3)C2c2ccccc2)cc1. The number of aliphatic hydroxyl groups is 1. The first-order valence-corrected chi connectivity index (χ1v) is 12.3. The van der Waals surface area contributed by atoms with Crippen LogP contribution in [0, 0.1) is 0 Å². The van der Waals surface area contributed by atoms with Gasteiger partial charge in [-0.05, 0) is 53.9 Å². The number of Topliss-reactive ketones (excluding diaryl/α,β-unsaturated/α-hetero) is 1. The molecule has 0 bridgehead atoms. The summed E-state index contributed by atoms with van der Waals surface area (Å²) in [5, 5.41) is 20.4. The van der Waals surface area contributed by atoms with Gasteiger partial charge in [-0.2, -0.15) is 0 Å². The number of carbonyl (C=O) groups is 3. The molecule has 1 heterocycles. The molecule has 7 nitrogen and oxygen atoms in total. The molecule has 4 rings (SSSR count). The number of benzene rings is 3. The van der Waals surface area contributed by atoms with Crippen molar-refractivity contribution in [1.29, 1.82) is 0 Å². The molecule has 7 heteroatoms. The Kier molecular flexibility index (Phi) is 8.03. The summed E-state index contributed by atoms with van der Waals surface area (Å²) in [6.45, 7) is 2.80. The van der Waals surface area contributed by atoms with Gasteiger partial charge in [0.25, 0.3) is 11.7 Å². The molecule has 1 unspecified atom stereocenters. The molecule has 1 aliphatic rings. The molecule has 37 heavy (non-hydrogen) atoms. The van der Waals surface area contributed by atoms with Crippen LogP contribution in [0.1, 0.15) is 59.3 Å². The van der Waals surface area contributed by atoms with Gasteiger partial charge in [0, 0.05) is 12.1 Å². The molecule has 1 amide bonds. The molecule has 3 aromatic rings. The third-order valence-electron chi connectivity index (χ3n) is 6.35. The molecular weight excluding hydrogens is 470 g/mol. The average molecular weight is 500 g/mol. The number of unbranched alkanes of at least 4 members (excludes halogenated alkanes) is 2. The third kappa shape index (κ3) is 5.72. The standard InChI is InChI=1S/C30H29NO6/c1-2-3-7-18-37-24-16-14-22(15-17-24)27(32)25-26(21-8-5-4-6-9-21)31(29(34)28(25)33)19-20-10-12-23(13-11-20)30(35)36/h4-6,8-17,26,32H,2-3,7,18-19H2,1H3,(H,35,36)/b27-25+. The van der Waals surface area contributed by atoms with E-state index in [2.05, 4.69) is 6.92 Å². The summed E-state index contributed by atoms with van der Waals surface area (Å²) in [6.07, 6.45) is 3.14. The maximum Gasteiger partial charge on any atom is 0.335 e. The molecule has 190 valence electrons. The van der Waals surface area contributed by atoms with E-state index in [1.807, 2.05) is 18.2 Å². The molecule has 1 aliphatic heterocycles. The summed E-state index contributed by atoms with van der Waals surface area (Å²) in [6, 6.07) is 21.2. The monoisotopic (exact) mass is 499 g/mol. The van der Waals surface area contributed by atoms with Crippen molar-refractivity contribution in [3.8, 4) is 5.75 Å². The molecule has 3 aromatic carbocycles. The minimum Gasteiger partial charge on any atom is -0.507 e. The zero-order chi connectivity index (χ0) is 26.4. The molecule has 0 saturated carbocycles. The van der Waals surface area contributed by atoms with E-state index in [-0.39, 0.29) is 23.4 Å². The van der Waals surface area contributed by atoms with Gasteiger partial charge in [-0.15, -0.1) is 0 Å². The Balaban J connectivity index is 1.67.